The largest absolute Gasteiger partial charge is 0.255 e. The van der Waals surface area contributed by atoms with Gasteiger partial charge >= 0.3 is 0 Å². The standard InChI is InChI=1S/C14H12N2/c1-2-8-13(15-9-5-1)14-10-11-6-3-4-7-12(11)16-14/h2-9H,1,10H2. The van der Waals surface area contributed by atoms with Crippen molar-refractivity contribution in [2.24, 2.45) is 9.98 Å². The first-order chi connectivity index (χ1) is 7.93. The third-order valence-electron chi connectivity index (χ3n) is 2.77. The number of para-hydroxylation sites is 1. The number of allylic oxidation sites excluding steroid dienone is 3. The first-order valence-corrected chi connectivity index (χ1v) is 5.49. The molecule has 1 aromatic rings. The highest BCUT2D eigenvalue weighted by molar-refractivity contribution is 6.48. The van der Waals surface area contributed by atoms with E-state index in [9.17, 15) is 0 Å². The Bertz CT molecular complexity index is 533. The number of hydrogen-bond donors (Lipinski definition) is 0. The van der Waals surface area contributed by atoms with Gasteiger partial charge in [-0.25, -0.2) is 0 Å². The van der Waals surface area contributed by atoms with Gasteiger partial charge in [0.1, 0.15) is 0 Å². The van der Waals surface area contributed by atoms with Crippen LogP contribution in [0.4, 0.5) is 5.69 Å². The first-order valence-electron chi connectivity index (χ1n) is 5.49. The Morgan fingerprint density at radius 3 is 2.94 bits per heavy atom. The molecule has 0 spiro atoms. The van der Waals surface area contributed by atoms with Crippen LogP contribution in [0.15, 0.2) is 58.7 Å². The van der Waals surface area contributed by atoms with Crippen molar-refractivity contribution in [2.75, 3.05) is 0 Å². The van der Waals surface area contributed by atoms with E-state index in [1.807, 2.05) is 18.3 Å². The van der Waals surface area contributed by atoms with Crippen LogP contribution in [0.5, 0.6) is 0 Å². The smallest absolute Gasteiger partial charge is 0.0844 e. The topological polar surface area (TPSA) is 24.7 Å². The van der Waals surface area contributed by atoms with Crippen molar-refractivity contribution in [3.8, 4) is 0 Å². The first kappa shape index (κ1) is 9.28. The average molecular weight is 208 g/mol. The van der Waals surface area contributed by atoms with Crippen molar-refractivity contribution >= 4 is 17.1 Å². The van der Waals surface area contributed by atoms with Gasteiger partial charge in [0.2, 0.25) is 0 Å². The molecule has 0 N–H and O–H groups in total. The predicted molar refractivity (Wildman–Crippen MR) is 67.6 cm³/mol. The van der Waals surface area contributed by atoms with Gasteiger partial charge in [0.25, 0.3) is 0 Å². The number of benzene rings is 1. The number of nitrogens with zero attached hydrogens (tertiary/aromatic N) is 2. The molecule has 2 nitrogen and oxygen atoms in total. The molecule has 0 radical (unpaired) electrons. The molecule has 16 heavy (non-hydrogen) atoms. The van der Waals surface area contributed by atoms with Gasteiger partial charge in [-0.1, -0.05) is 30.4 Å². The molecular formula is C14H12N2. The van der Waals surface area contributed by atoms with E-state index in [0.717, 1.165) is 30.0 Å². The highest BCUT2D eigenvalue weighted by atomic mass is 14.8. The van der Waals surface area contributed by atoms with Gasteiger partial charge in [-0.3, -0.25) is 9.98 Å². The molecule has 0 saturated heterocycles. The van der Waals surface area contributed by atoms with Crippen LogP contribution in [0.25, 0.3) is 0 Å². The van der Waals surface area contributed by atoms with Crippen LogP contribution in [-0.2, 0) is 6.42 Å². The van der Waals surface area contributed by atoms with Crippen molar-refractivity contribution in [1.29, 1.82) is 0 Å². The van der Waals surface area contributed by atoms with Crippen LogP contribution < -0.4 is 0 Å². The summed E-state index contributed by atoms with van der Waals surface area (Å²) in [6.45, 7) is 0. The van der Waals surface area contributed by atoms with Crippen molar-refractivity contribution in [1.82, 2.24) is 0 Å². The Hall–Kier alpha value is -1.96. The lowest BCUT2D eigenvalue weighted by atomic mass is 10.1. The monoisotopic (exact) mass is 208 g/mol. The molecule has 0 saturated carbocycles. The minimum Gasteiger partial charge on any atom is -0.255 e. The zero-order valence-corrected chi connectivity index (χ0v) is 8.93. The SMILES string of the molecule is C1=CN=C(C2=Nc3ccccc3C2)C=CC1. The second-order valence-corrected chi connectivity index (χ2v) is 3.90. The molecule has 0 aromatic heterocycles. The van der Waals surface area contributed by atoms with E-state index in [-0.39, 0.29) is 0 Å². The molecule has 2 aliphatic rings. The van der Waals surface area contributed by atoms with E-state index in [1.54, 1.807) is 0 Å². The molecule has 2 heteroatoms. The van der Waals surface area contributed by atoms with E-state index < -0.39 is 0 Å². The highest BCUT2D eigenvalue weighted by Gasteiger charge is 2.16. The van der Waals surface area contributed by atoms with Crippen LogP contribution in [0.3, 0.4) is 0 Å². The van der Waals surface area contributed by atoms with Crippen LogP contribution in [0.1, 0.15) is 12.0 Å². The lowest BCUT2D eigenvalue weighted by Crippen LogP contribution is -2.10. The Kier molecular flexibility index (Phi) is 2.26. The van der Waals surface area contributed by atoms with Crippen LogP contribution >= 0.6 is 0 Å². The minimum absolute atomic E-state index is 0.896. The van der Waals surface area contributed by atoms with Crippen molar-refractivity contribution in [2.45, 2.75) is 12.8 Å². The maximum Gasteiger partial charge on any atom is 0.0844 e. The van der Waals surface area contributed by atoms with Gasteiger partial charge < -0.3 is 0 Å². The fourth-order valence-electron chi connectivity index (χ4n) is 1.95. The van der Waals surface area contributed by atoms with E-state index in [4.69, 9.17) is 0 Å². The third kappa shape index (κ3) is 1.63. The summed E-state index contributed by atoms with van der Waals surface area (Å²) in [5, 5.41) is 0. The van der Waals surface area contributed by atoms with Crippen LogP contribution in [0, 0.1) is 0 Å². The number of rotatable bonds is 1. The summed E-state index contributed by atoms with van der Waals surface area (Å²) in [5.41, 5.74) is 4.44. The summed E-state index contributed by atoms with van der Waals surface area (Å²) in [5.74, 6) is 0. The van der Waals surface area contributed by atoms with Gasteiger partial charge in [0.05, 0.1) is 17.1 Å². The molecular weight excluding hydrogens is 196 g/mol. The van der Waals surface area contributed by atoms with Gasteiger partial charge in [-0.05, 0) is 24.1 Å². The van der Waals surface area contributed by atoms with Gasteiger partial charge in [-0.2, -0.15) is 0 Å². The zero-order chi connectivity index (χ0) is 10.8. The summed E-state index contributed by atoms with van der Waals surface area (Å²) in [7, 11) is 0. The van der Waals surface area contributed by atoms with Crippen molar-refractivity contribution < 1.29 is 0 Å². The minimum atomic E-state index is 0.896. The molecule has 0 atom stereocenters. The molecule has 2 heterocycles. The third-order valence-corrected chi connectivity index (χ3v) is 2.77. The van der Waals surface area contributed by atoms with Crippen molar-refractivity contribution in [3.63, 3.8) is 0 Å². The number of hydrogen-bond acceptors (Lipinski definition) is 2. The van der Waals surface area contributed by atoms with Gasteiger partial charge in [0.15, 0.2) is 0 Å². The lowest BCUT2D eigenvalue weighted by molar-refractivity contribution is 1.38. The van der Waals surface area contributed by atoms with Crippen molar-refractivity contribution in [3.05, 3.63) is 54.3 Å². The Morgan fingerprint density at radius 1 is 1.06 bits per heavy atom. The summed E-state index contributed by atoms with van der Waals surface area (Å²) < 4.78 is 0. The lowest BCUT2D eigenvalue weighted by Gasteiger charge is -1.97. The molecule has 1 aromatic carbocycles. The van der Waals surface area contributed by atoms with Crippen LogP contribution in [0.2, 0.25) is 0 Å². The maximum absolute atomic E-state index is 4.62. The van der Waals surface area contributed by atoms with Crippen LogP contribution in [-0.4, -0.2) is 11.4 Å². The number of fused-ring (bicyclic) bond motifs is 1. The number of aliphatic imine (C=N–C) groups is 2. The molecule has 0 unspecified atom stereocenters. The quantitative estimate of drug-likeness (QED) is 0.677. The zero-order valence-electron chi connectivity index (χ0n) is 8.93. The normalized spacial score (nSPS) is 17.8. The fraction of sp³-hybridized carbons (Fsp3) is 0.143. The van der Waals surface area contributed by atoms with E-state index in [0.29, 0.717) is 0 Å². The van der Waals surface area contributed by atoms with E-state index in [2.05, 4.69) is 40.3 Å². The fourth-order valence-corrected chi connectivity index (χ4v) is 1.95. The highest BCUT2D eigenvalue weighted by Crippen LogP contribution is 2.26. The second-order valence-electron chi connectivity index (χ2n) is 3.90. The molecule has 0 aliphatic carbocycles. The second kappa shape index (κ2) is 3.89. The Balaban J connectivity index is 1.95. The molecule has 0 amide bonds. The molecule has 0 bridgehead atoms. The molecule has 0 fully saturated rings. The summed E-state index contributed by atoms with van der Waals surface area (Å²) in [4.78, 5) is 9.02. The summed E-state index contributed by atoms with van der Waals surface area (Å²) in [6.07, 6.45) is 9.94. The molecule has 2 aliphatic heterocycles. The van der Waals surface area contributed by atoms with Gasteiger partial charge in [-0.15, -0.1) is 0 Å². The van der Waals surface area contributed by atoms with E-state index in [1.165, 1.54) is 5.56 Å². The molecule has 78 valence electrons. The molecule has 3 rings (SSSR count). The Morgan fingerprint density at radius 2 is 2.00 bits per heavy atom. The maximum atomic E-state index is 4.62. The van der Waals surface area contributed by atoms with Gasteiger partial charge in [0, 0.05) is 12.6 Å². The Labute approximate surface area is 94.8 Å². The summed E-state index contributed by atoms with van der Waals surface area (Å²) >= 11 is 0. The average Bonchev–Trinajstić information content (AvgIpc) is 2.56. The summed E-state index contributed by atoms with van der Waals surface area (Å²) in [6, 6.07) is 8.26. The predicted octanol–water partition coefficient (Wildman–Crippen LogP) is 3.23. The van der Waals surface area contributed by atoms with E-state index >= 15 is 0 Å².